The minimum Gasteiger partial charge on any atom is -0.450 e. The highest BCUT2D eigenvalue weighted by atomic mass is 35.5. The quantitative estimate of drug-likeness (QED) is 0.685. The molecule has 3 heterocycles. The van der Waals surface area contributed by atoms with Crippen molar-refractivity contribution in [2.45, 2.75) is 6.04 Å². The smallest absolute Gasteiger partial charge is 0.290 e. The van der Waals surface area contributed by atoms with Gasteiger partial charge >= 0.3 is 0 Å². The predicted octanol–water partition coefficient (Wildman–Crippen LogP) is 3.61. The summed E-state index contributed by atoms with van der Waals surface area (Å²) in [5.41, 5.74) is 0.597. The third-order valence-electron chi connectivity index (χ3n) is 4.53. The van der Waals surface area contributed by atoms with E-state index in [1.807, 2.05) is 36.5 Å². The van der Waals surface area contributed by atoms with E-state index in [4.69, 9.17) is 16.0 Å². The summed E-state index contributed by atoms with van der Waals surface area (Å²) in [6.07, 6.45) is 0. The average molecular weight is 389 g/mol. The zero-order valence-electron chi connectivity index (χ0n) is 14.4. The maximum absolute atomic E-state index is 13.2. The first-order valence-corrected chi connectivity index (χ1v) is 9.48. The minimum atomic E-state index is -0.419. The van der Waals surface area contributed by atoms with Gasteiger partial charge in [-0.1, -0.05) is 17.7 Å². The number of carbonyl (C=O) groups excluding carboxylic acids is 1. The normalized spacial score (nSPS) is 16.7. The first kappa shape index (κ1) is 17.3. The van der Waals surface area contributed by atoms with E-state index in [2.05, 4.69) is 0 Å². The molecule has 0 saturated carbocycles. The number of carbonyl (C=O) groups is 1. The van der Waals surface area contributed by atoms with E-state index in [1.165, 1.54) is 11.3 Å². The van der Waals surface area contributed by atoms with Crippen molar-refractivity contribution in [3.8, 4) is 0 Å². The summed E-state index contributed by atoms with van der Waals surface area (Å²) in [7, 11) is 3.90. The van der Waals surface area contributed by atoms with E-state index in [0.29, 0.717) is 34.6 Å². The lowest BCUT2D eigenvalue weighted by Gasteiger charge is -2.25. The van der Waals surface area contributed by atoms with Gasteiger partial charge in [-0.3, -0.25) is 9.59 Å². The highest BCUT2D eigenvalue weighted by Gasteiger charge is 2.42. The number of hydrogen-bond acceptors (Lipinski definition) is 5. The molecule has 1 aliphatic rings. The van der Waals surface area contributed by atoms with Crippen molar-refractivity contribution in [3.05, 3.63) is 67.2 Å². The van der Waals surface area contributed by atoms with E-state index in [1.54, 1.807) is 23.1 Å². The average Bonchev–Trinajstić information content (AvgIpc) is 3.21. The third kappa shape index (κ3) is 2.74. The first-order valence-electron chi connectivity index (χ1n) is 8.22. The lowest BCUT2D eigenvalue weighted by atomic mass is 10.0. The zero-order valence-corrected chi connectivity index (χ0v) is 15.9. The molecule has 0 N–H and O–H groups in total. The van der Waals surface area contributed by atoms with Crippen LogP contribution in [0.25, 0.3) is 11.0 Å². The van der Waals surface area contributed by atoms with Gasteiger partial charge in [-0.05, 0) is 43.7 Å². The molecule has 1 aliphatic heterocycles. The fourth-order valence-corrected chi connectivity index (χ4v) is 4.29. The Morgan fingerprint density at radius 1 is 1.27 bits per heavy atom. The van der Waals surface area contributed by atoms with Gasteiger partial charge in [-0.25, -0.2) is 0 Å². The van der Waals surface area contributed by atoms with Crippen LogP contribution in [0.3, 0.4) is 0 Å². The van der Waals surface area contributed by atoms with Crippen LogP contribution < -0.4 is 5.43 Å². The number of fused-ring (bicyclic) bond motifs is 2. The van der Waals surface area contributed by atoms with Gasteiger partial charge in [0.15, 0.2) is 5.43 Å². The van der Waals surface area contributed by atoms with Gasteiger partial charge in [-0.2, -0.15) is 0 Å². The molecule has 0 saturated heterocycles. The summed E-state index contributed by atoms with van der Waals surface area (Å²) in [4.78, 5) is 30.9. The second-order valence-electron chi connectivity index (χ2n) is 6.53. The van der Waals surface area contributed by atoms with E-state index < -0.39 is 6.04 Å². The highest BCUT2D eigenvalue weighted by Crippen LogP contribution is 2.39. The number of hydrogen-bond donors (Lipinski definition) is 0. The van der Waals surface area contributed by atoms with Crippen LogP contribution in [-0.2, 0) is 0 Å². The molecule has 0 bridgehead atoms. The lowest BCUT2D eigenvalue weighted by molar-refractivity contribution is 0.0718. The van der Waals surface area contributed by atoms with Crippen molar-refractivity contribution in [3.63, 3.8) is 0 Å². The maximum Gasteiger partial charge on any atom is 0.290 e. The van der Waals surface area contributed by atoms with Crippen molar-refractivity contribution in [2.75, 3.05) is 27.2 Å². The van der Waals surface area contributed by atoms with Crippen LogP contribution in [0.4, 0.5) is 0 Å². The second-order valence-corrected chi connectivity index (χ2v) is 7.95. The Morgan fingerprint density at radius 2 is 2.08 bits per heavy atom. The Labute approximate surface area is 159 Å². The van der Waals surface area contributed by atoms with Gasteiger partial charge in [0.05, 0.1) is 17.0 Å². The van der Waals surface area contributed by atoms with Gasteiger partial charge in [0.25, 0.3) is 5.91 Å². The molecule has 0 aliphatic carbocycles. The number of halogens is 1. The molecule has 0 radical (unpaired) electrons. The monoisotopic (exact) mass is 388 g/mol. The summed E-state index contributed by atoms with van der Waals surface area (Å²) in [6, 6.07) is 8.33. The van der Waals surface area contributed by atoms with E-state index in [-0.39, 0.29) is 17.1 Å². The van der Waals surface area contributed by atoms with E-state index in [0.717, 1.165) is 4.88 Å². The van der Waals surface area contributed by atoms with Gasteiger partial charge in [0, 0.05) is 23.0 Å². The number of benzene rings is 1. The second kappa shape index (κ2) is 6.54. The minimum absolute atomic E-state index is 0.141. The van der Waals surface area contributed by atoms with Crippen LogP contribution in [0.5, 0.6) is 0 Å². The summed E-state index contributed by atoms with van der Waals surface area (Å²) < 4.78 is 5.86. The van der Waals surface area contributed by atoms with Crippen molar-refractivity contribution in [1.29, 1.82) is 0 Å². The Kier molecular flexibility index (Phi) is 4.34. The van der Waals surface area contributed by atoms with Gasteiger partial charge in [-0.15, -0.1) is 11.3 Å². The fourth-order valence-electron chi connectivity index (χ4n) is 3.27. The molecule has 5 nitrogen and oxygen atoms in total. The molecule has 134 valence electrons. The molecular formula is C19H17ClN2O3S. The van der Waals surface area contributed by atoms with Crippen molar-refractivity contribution < 1.29 is 9.21 Å². The molecule has 4 rings (SSSR count). The Bertz CT molecular complexity index is 1040. The van der Waals surface area contributed by atoms with Crippen LogP contribution in [0.1, 0.15) is 27.0 Å². The van der Waals surface area contributed by atoms with Crippen molar-refractivity contribution in [2.24, 2.45) is 0 Å². The first-order chi connectivity index (χ1) is 12.5. The number of thiophene rings is 1. The lowest BCUT2D eigenvalue weighted by Crippen LogP contribution is -2.35. The van der Waals surface area contributed by atoms with Crippen LogP contribution in [0.2, 0.25) is 5.02 Å². The summed E-state index contributed by atoms with van der Waals surface area (Å²) in [5.74, 6) is -0.101. The summed E-state index contributed by atoms with van der Waals surface area (Å²) >= 11 is 7.59. The molecule has 0 unspecified atom stereocenters. The summed E-state index contributed by atoms with van der Waals surface area (Å²) in [5, 5.41) is 2.81. The topological polar surface area (TPSA) is 53.8 Å². The molecule has 1 amide bonds. The highest BCUT2D eigenvalue weighted by molar-refractivity contribution is 7.10. The maximum atomic E-state index is 13.2. The fraction of sp³-hybridized carbons (Fsp3) is 0.263. The van der Waals surface area contributed by atoms with Gasteiger partial charge < -0.3 is 14.2 Å². The number of likely N-dealkylation sites (N-methyl/N-ethyl adjacent to an activating group) is 1. The number of rotatable bonds is 4. The van der Waals surface area contributed by atoms with Crippen LogP contribution in [0.15, 0.2) is 44.9 Å². The third-order valence-corrected chi connectivity index (χ3v) is 5.69. The number of amides is 1. The van der Waals surface area contributed by atoms with E-state index >= 15 is 0 Å². The Hall–Kier alpha value is -2.15. The molecule has 3 aromatic rings. The molecule has 26 heavy (non-hydrogen) atoms. The van der Waals surface area contributed by atoms with Crippen molar-refractivity contribution in [1.82, 2.24) is 9.80 Å². The SMILES string of the molecule is CN(C)CCN1C(=O)c2oc3ccc(Cl)cc3c(=O)c2[C@H]1c1cccs1. The Morgan fingerprint density at radius 3 is 2.77 bits per heavy atom. The molecular weight excluding hydrogens is 372 g/mol. The zero-order chi connectivity index (χ0) is 18.4. The molecule has 0 spiro atoms. The molecule has 2 aromatic heterocycles. The Balaban J connectivity index is 1.94. The number of nitrogens with zero attached hydrogens (tertiary/aromatic N) is 2. The van der Waals surface area contributed by atoms with Crippen LogP contribution >= 0.6 is 22.9 Å². The molecule has 0 fully saturated rings. The standard InChI is InChI=1S/C19H17ClN2O3S/c1-21(2)7-8-22-16(14-4-3-9-26-14)15-17(23)12-10-11(20)5-6-13(12)25-18(15)19(22)24/h3-6,9-10,16H,7-8H2,1-2H3/t16-/m1/s1. The molecule has 1 aromatic carbocycles. The molecule has 1 atom stereocenters. The summed E-state index contributed by atoms with van der Waals surface area (Å²) in [6.45, 7) is 1.20. The molecule has 7 heteroatoms. The van der Waals surface area contributed by atoms with Gasteiger partial charge in [0.2, 0.25) is 5.76 Å². The van der Waals surface area contributed by atoms with E-state index in [9.17, 15) is 9.59 Å². The van der Waals surface area contributed by atoms with Crippen LogP contribution in [-0.4, -0.2) is 42.9 Å². The van der Waals surface area contributed by atoms with Gasteiger partial charge in [0.1, 0.15) is 5.58 Å². The van der Waals surface area contributed by atoms with Crippen molar-refractivity contribution >= 4 is 39.8 Å². The predicted molar refractivity (Wildman–Crippen MR) is 103 cm³/mol. The largest absolute Gasteiger partial charge is 0.450 e. The van der Waals surface area contributed by atoms with Crippen LogP contribution in [0, 0.1) is 0 Å².